The van der Waals surface area contributed by atoms with Crippen molar-refractivity contribution >= 4 is 5.97 Å². The van der Waals surface area contributed by atoms with Gasteiger partial charge in [0.05, 0.1) is 7.11 Å². The van der Waals surface area contributed by atoms with Crippen LogP contribution in [0.1, 0.15) is 56.6 Å². The number of hydrogen-bond donors (Lipinski definition) is 0. The Morgan fingerprint density at radius 3 is 2.88 bits per heavy atom. The number of carbonyl (C=O) groups is 1. The van der Waals surface area contributed by atoms with Crippen LogP contribution in [0.3, 0.4) is 0 Å². The molecular weight excluding hydrogens is 300 g/mol. The molecule has 3 heteroatoms. The zero-order valence-corrected chi connectivity index (χ0v) is 14.8. The number of methoxy groups -OCH3 is 1. The first kappa shape index (κ1) is 15.7. The predicted octanol–water partition coefficient (Wildman–Crippen LogP) is 4.61. The van der Waals surface area contributed by atoms with Crippen LogP contribution in [0, 0.1) is 17.3 Å². The second kappa shape index (κ2) is 5.65. The highest BCUT2D eigenvalue weighted by molar-refractivity contribution is 5.67. The average Bonchev–Trinajstić information content (AvgIpc) is 2.90. The lowest BCUT2D eigenvalue weighted by Gasteiger charge is -2.49. The second-order valence-corrected chi connectivity index (χ2v) is 7.83. The topological polar surface area (TPSA) is 35.5 Å². The third-order valence-corrected chi connectivity index (χ3v) is 6.70. The highest BCUT2D eigenvalue weighted by Gasteiger charge is 2.53. The van der Waals surface area contributed by atoms with Crippen LogP contribution in [0.25, 0.3) is 0 Å². The van der Waals surface area contributed by atoms with Gasteiger partial charge in [0, 0.05) is 12.3 Å². The molecule has 1 aromatic carbocycles. The number of hydrogen-bond acceptors (Lipinski definition) is 3. The van der Waals surface area contributed by atoms with Crippen molar-refractivity contribution in [2.75, 3.05) is 7.11 Å². The molecule has 128 valence electrons. The van der Waals surface area contributed by atoms with Gasteiger partial charge in [-0.15, -0.1) is 0 Å². The molecule has 4 atom stereocenters. The number of ether oxygens (including phenoxy) is 2. The summed E-state index contributed by atoms with van der Waals surface area (Å²) in [6.45, 7) is 3.81. The smallest absolute Gasteiger partial charge is 0.307 e. The largest absolute Gasteiger partial charge is 0.497 e. The summed E-state index contributed by atoms with van der Waals surface area (Å²) in [5, 5.41) is 0. The zero-order chi connectivity index (χ0) is 16.9. The van der Waals surface area contributed by atoms with Crippen molar-refractivity contribution in [1.29, 1.82) is 0 Å². The van der Waals surface area contributed by atoms with Crippen LogP contribution < -0.4 is 4.74 Å². The lowest BCUT2D eigenvalue weighted by atomic mass is 9.55. The summed E-state index contributed by atoms with van der Waals surface area (Å²) in [7, 11) is 1.74. The average molecular weight is 326 g/mol. The van der Waals surface area contributed by atoms with E-state index in [-0.39, 0.29) is 11.4 Å². The summed E-state index contributed by atoms with van der Waals surface area (Å²) in [6.07, 6.45) is 7.86. The van der Waals surface area contributed by atoms with E-state index in [1.807, 2.05) is 0 Å². The second-order valence-electron chi connectivity index (χ2n) is 7.83. The minimum atomic E-state index is -0.189. The SMILES string of the molecule is COc1ccc2c(c1)CC[C@@H]1[C@@H]2CC[C@]2(C)C(OC(C)=O)=CC[C@H]12. The van der Waals surface area contributed by atoms with Crippen LogP contribution in [-0.2, 0) is 16.0 Å². The monoisotopic (exact) mass is 326 g/mol. The molecule has 4 rings (SSSR count). The van der Waals surface area contributed by atoms with Crippen LogP contribution in [0.5, 0.6) is 5.75 Å². The van der Waals surface area contributed by atoms with Crippen molar-refractivity contribution in [3.8, 4) is 5.75 Å². The van der Waals surface area contributed by atoms with E-state index in [0.29, 0.717) is 17.8 Å². The number of fused-ring (bicyclic) bond motifs is 5. The molecule has 3 aliphatic carbocycles. The fourth-order valence-corrected chi connectivity index (χ4v) is 5.53. The fourth-order valence-electron chi connectivity index (χ4n) is 5.53. The standard InChI is InChI=1S/C21H26O3/c1-13(22)24-20-9-8-19-18-6-4-14-12-15(23-3)5-7-16(14)17(18)10-11-21(19,20)2/h5,7,9,12,17-19H,4,6,8,10-11H2,1-3H3/t17-,18-,19-,21+/m1/s1. The Labute approximate surface area is 144 Å². The van der Waals surface area contributed by atoms with E-state index in [2.05, 4.69) is 31.2 Å². The Bertz CT molecular complexity index is 705. The van der Waals surface area contributed by atoms with Crippen LogP contribution >= 0.6 is 0 Å². The molecule has 0 saturated heterocycles. The minimum absolute atomic E-state index is 0.0385. The van der Waals surface area contributed by atoms with E-state index >= 15 is 0 Å². The lowest BCUT2D eigenvalue weighted by molar-refractivity contribution is -0.139. The summed E-state index contributed by atoms with van der Waals surface area (Å²) in [4.78, 5) is 11.4. The van der Waals surface area contributed by atoms with Crippen molar-refractivity contribution in [2.24, 2.45) is 17.3 Å². The third-order valence-electron chi connectivity index (χ3n) is 6.70. The molecule has 0 amide bonds. The van der Waals surface area contributed by atoms with Gasteiger partial charge >= 0.3 is 5.97 Å². The molecule has 0 aromatic heterocycles. The molecule has 3 aliphatic rings. The van der Waals surface area contributed by atoms with E-state index in [9.17, 15) is 4.79 Å². The number of allylic oxidation sites excluding steroid dienone is 2. The van der Waals surface area contributed by atoms with Crippen LogP contribution in [0.2, 0.25) is 0 Å². The van der Waals surface area contributed by atoms with E-state index < -0.39 is 0 Å². The molecule has 0 aliphatic heterocycles. The van der Waals surface area contributed by atoms with Gasteiger partial charge in [-0.1, -0.05) is 13.0 Å². The van der Waals surface area contributed by atoms with E-state index in [1.165, 1.54) is 30.9 Å². The van der Waals surface area contributed by atoms with Gasteiger partial charge in [-0.05, 0) is 79.2 Å². The summed E-state index contributed by atoms with van der Waals surface area (Å²) in [5.74, 6) is 3.63. The Morgan fingerprint density at radius 1 is 1.29 bits per heavy atom. The molecule has 0 unspecified atom stereocenters. The van der Waals surface area contributed by atoms with Gasteiger partial charge in [0.15, 0.2) is 0 Å². The molecule has 1 fully saturated rings. The Morgan fingerprint density at radius 2 is 2.12 bits per heavy atom. The van der Waals surface area contributed by atoms with Gasteiger partial charge in [0.25, 0.3) is 0 Å². The number of rotatable bonds is 2. The van der Waals surface area contributed by atoms with E-state index in [1.54, 1.807) is 7.11 Å². The fraction of sp³-hybridized carbons (Fsp3) is 0.571. The van der Waals surface area contributed by atoms with E-state index in [4.69, 9.17) is 9.47 Å². The summed E-state index contributed by atoms with van der Waals surface area (Å²) in [5.41, 5.74) is 3.02. The Balaban J connectivity index is 1.62. The number of carbonyl (C=O) groups excluding carboxylic acids is 1. The van der Waals surface area contributed by atoms with Crippen LogP contribution in [0.4, 0.5) is 0 Å². The van der Waals surface area contributed by atoms with Crippen LogP contribution in [-0.4, -0.2) is 13.1 Å². The van der Waals surface area contributed by atoms with Crippen LogP contribution in [0.15, 0.2) is 30.0 Å². The molecule has 3 nitrogen and oxygen atoms in total. The van der Waals surface area contributed by atoms with Gasteiger partial charge < -0.3 is 9.47 Å². The van der Waals surface area contributed by atoms with Crippen molar-refractivity contribution in [3.05, 3.63) is 41.2 Å². The van der Waals surface area contributed by atoms with Gasteiger partial charge in [-0.3, -0.25) is 4.79 Å². The Kier molecular flexibility index (Phi) is 3.70. The first-order valence-electron chi connectivity index (χ1n) is 9.09. The summed E-state index contributed by atoms with van der Waals surface area (Å²) in [6, 6.07) is 6.60. The van der Waals surface area contributed by atoms with Gasteiger partial charge in [-0.25, -0.2) is 0 Å². The van der Waals surface area contributed by atoms with Gasteiger partial charge in [0.1, 0.15) is 11.5 Å². The van der Waals surface area contributed by atoms with Gasteiger partial charge in [0.2, 0.25) is 0 Å². The molecule has 0 radical (unpaired) electrons. The first-order chi connectivity index (χ1) is 11.5. The molecule has 0 spiro atoms. The maximum Gasteiger partial charge on any atom is 0.307 e. The Hall–Kier alpha value is -1.77. The number of benzene rings is 1. The first-order valence-corrected chi connectivity index (χ1v) is 9.09. The predicted molar refractivity (Wildman–Crippen MR) is 92.8 cm³/mol. The van der Waals surface area contributed by atoms with Crippen molar-refractivity contribution in [1.82, 2.24) is 0 Å². The molecule has 0 heterocycles. The maximum atomic E-state index is 11.4. The number of aryl methyl sites for hydroxylation is 1. The maximum absolute atomic E-state index is 11.4. The zero-order valence-electron chi connectivity index (χ0n) is 14.8. The third kappa shape index (κ3) is 2.28. The highest BCUT2D eigenvalue weighted by atomic mass is 16.5. The molecular formula is C21H26O3. The molecule has 0 N–H and O–H groups in total. The van der Waals surface area contributed by atoms with E-state index in [0.717, 1.165) is 30.8 Å². The molecule has 1 aromatic rings. The van der Waals surface area contributed by atoms with Crippen molar-refractivity contribution in [2.45, 2.75) is 51.9 Å². The molecule has 24 heavy (non-hydrogen) atoms. The highest BCUT2D eigenvalue weighted by Crippen LogP contribution is 2.61. The minimum Gasteiger partial charge on any atom is -0.497 e. The lowest BCUT2D eigenvalue weighted by Crippen LogP contribution is -2.41. The summed E-state index contributed by atoms with van der Waals surface area (Å²) >= 11 is 0. The number of esters is 1. The molecule has 1 saturated carbocycles. The van der Waals surface area contributed by atoms with Crippen molar-refractivity contribution < 1.29 is 14.3 Å². The van der Waals surface area contributed by atoms with Crippen molar-refractivity contribution in [3.63, 3.8) is 0 Å². The normalized spacial score (nSPS) is 33.8. The molecule has 0 bridgehead atoms. The summed E-state index contributed by atoms with van der Waals surface area (Å²) < 4.78 is 11.0. The quantitative estimate of drug-likeness (QED) is 0.745. The van der Waals surface area contributed by atoms with Gasteiger partial charge in [-0.2, -0.15) is 0 Å².